The number of likely N-dealkylation sites (tertiary alicyclic amines) is 2. The van der Waals surface area contributed by atoms with E-state index in [2.05, 4.69) is 16.2 Å². The minimum Gasteiger partial charge on any atom is -0.345 e. The number of piperidine rings is 2. The van der Waals surface area contributed by atoms with Crippen LogP contribution in [0.25, 0.3) is 5.69 Å². The van der Waals surface area contributed by atoms with Crippen molar-refractivity contribution in [2.24, 2.45) is 5.41 Å². The third-order valence-corrected chi connectivity index (χ3v) is 6.13. The molecule has 2 saturated heterocycles. The molecule has 0 unspecified atom stereocenters. The van der Waals surface area contributed by atoms with Crippen molar-refractivity contribution < 1.29 is 4.79 Å². The van der Waals surface area contributed by atoms with Crippen molar-refractivity contribution in [2.75, 3.05) is 26.7 Å². The minimum absolute atomic E-state index is 0.298. The third kappa shape index (κ3) is 3.64. The Kier molecular flexibility index (Phi) is 4.76. The zero-order chi connectivity index (χ0) is 18.1. The fraction of sp³-hybridized carbons (Fsp3) is 0.500. The predicted octanol–water partition coefficient (Wildman–Crippen LogP) is 3.36. The largest absolute Gasteiger partial charge is 0.345 e. The van der Waals surface area contributed by atoms with E-state index < -0.39 is 0 Å². The molecule has 5 nitrogen and oxygen atoms in total. The van der Waals surface area contributed by atoms with Crippen LogP contribution >= 0.6 is 11.6 Å². The van der Waals surface area contributed by atoms with Gasteiger partial charge in [0.05, 0.1) is 11.9 Å². The number of aromatic nitrogens is 2. The monoisotopic (exact) mass is 372 g/mol. The van der Waals surface area contributed by atoms with Gasteiger partial charge in [-0.15, -0.1) is 0 Å². The number of amides is 1. The summed E-state index contributed by atoms with van der Waals surface area (Å²) in [6.07, 6.45) is 8.14. The SMILES string of the molecule is CN1CC2(CCC1=O)CCN(Cc1cnn(-c3cccc(Cl)c3)c1)CC2. The summed E-state index contributed by atoms with van der Waals surface area (Å²) in [5, 5.41) is 5.20. The van der Waals surface area contributed by atoms with Crippen LogP contribution in [0.3, 0.4) is 0 Å². The van der Waals surface area contributed by atoms with Crippen LogP contribution in [0.1, 0.15) is 31.2 Å². The van der Waals surface area contributed by atoms with E-state index in [0.717, 1.165) is 43.3 Å². The summed E-state index contributed by atoms with van der Waals surface area (Å²) in [6.45, 7) is 4.02. The zero-order valence-electron chi connectivity index (χ0n) is 15.2. The Morgan fingerprint density at radius 1 is 1.23 bits per heavy atom. The van der Waals surface area contributed by atoms with Crippen LogP contribution in [0.5, 0.6) is 0 Å². The van der Waals surface area contributed by atoms with Crippen molar-refractivity contribution in [3.05, 3.63) is 47.2 Å². The van der Waals surface area contributed by atoms with E-state index in [4.69, 9.17) is 11.6 Å². The van der Waals surface area contributed by atoms with E-state index in [1.165, 1.54) is 18.4 Å². The van der Waals surface area contributed by atoms with Crippen LogP contribution in [0.15, 0.2) is 36.7 Å². The minimum atomic E-state index is 0.298. The zero-order valence-corrected chi connectivity index (χ0v) is 16.0. The average molecular weight is 373 g/mol. The second kappa shape index (κ2) is 7.05. The summed E-state index contributed by atoms with van der Waals surface area (Å²) in [4.78, 5) is 16.2. The molecule has 0 bridgehead atoms. The van der Waals surface area contributed by atoms with E-state index in [9.17, 15) is 4.79 Å². The molecule has 2 aliphatic rings. The van der Waals surface area contributed by atoms with Gasteiger partial charge in [0.1, 0.15) is 0 Å². The highest BCUT2D eigenvalue weighted by Gasteiger charge is 2.39. The Morgan fingerprint density at radius 3 is 2.77 bits per heavy atom. The fourth-order valence-corrected chi connectivity index (χ4v) is 4.47. The van der Waals surface area contributed by atoms with E-state index in [0.29, 0.717) is 17.7 Å². The third-order valence-electron chi connectivity index (χ3n) is 5.90. The molecule has 4 rings (SSSR count). The number of carbonyl (C=O) groups is 1. The smallest absolute Gasteiger partial charge is 0.222 e. The first-order valence-corrected chi connectivity index (χ1v) is 9.67. The van der Waals surface area contributed by atoms with E-state index in [-0.39, 0.29) is 0 Å². The Balaban J connectivity index is 1.36. The lowest BCUT2D eigenvalue weighted by atomic mass is 9.72. The molecular weight excluding hydrogens is 348 g/mol. The van der Waals surface area contributed by atoms with Gasteiger partial charge in [-0.1, -0.05) is 17.7 Å². The summed E-state index contributed by atoms with van der Waals surface area (Å²) >= 11 is 6.07. The van der Waals surface area contributed by atoms with Crippen LogP contribution in [0.2, 0.25) is 5.02 Å². The first-order chi connectivity index (χ1) is 12.5. The molecule has 0 atom stereocenters. The van der Waals surface area contributed by atoms with Gasteiger partial charge in [0, 0.05) is 43.3 Å². The van der Waals surface area contributed by atoms with Crippen molar-refractivity contribution in [3.63, 3.8) is 0 Å². The Morgan fingerprint density at radius 2 is 2.04 bits per heavy atom. The predicted molar refractivity (Wildman–Crippen MR) is 102 cm³/mol. The highest BCUT2D eigenvalue weighted by Crippen LogP contribution is 2.40. The Bertz CT molecular complexity index is 795. The Hall–Kier alpha value is -1.85. The molecule has 138 valence electrons. The lowest BCUT2D eigenvalue weighted by molar-refractivity contribution is -0.137. The maximum absolute atomic E-state index is 11.8. The number of benzene rings is 1. The lowest BCUT2D eigenvalue weighted by Gasteiger charge is -2.46. The molecular formula is C20H25ClN4O. The topological polar surface area (TPSA) is 41.4 Å². The molecule has 2 fully saturated rings. The molecule has 1 amide bonds. The second-order valence-corrected chi connectivity index (χ2v) is 8.24. The molecule has 2 aliphatic heterocycles. The fourth-order valence-electron chi connectivity index (χ4n) is 4.29. The van der Waals surface area contributed by atoms with Crippen LogP contribution < -0.4 is 0 Å². The van der Waals surface area contributed by atoms with Gasteiger partial charge in [-0.05, 0) is 56.0 Å². The van der Waals surface area contributed by atoms with Gasteiger partial charge in [0.25, 0.3) is 0 Å². The van der Waals surface area contributed by atoms with Crippen molar-refractivity contribution in [3.8, 4) is 5.69 Å². The normalized spacial score (nSPS) is 20.7. The molecule has 0 saturated carbocycles. The van der Waals surface area contributed by atoms with Gasteiger partial charge >= 0.3 is 0 Å². The first-order valence-electron chi connectivity index (χ1n) is 9.29. The highest BCUT2D eigenvalue weighted by molar-refractivity contribution is 6.30. The lowest BCUT2D eigenvalue weighted by Crippen LogP contribution is -2.50. The van der Waals surface area contributed by atoms with Crippen LogP contribution in [-0.4, -0.2) is 52.2 Å². The van der Waals surface area contributed by atoms with Crippen LogP contribution in [0, 0.1) is 5.41 Å². The summed E-state index contributed by atoms with van der Waals surface area (Å²) in [5.41, 5.74) is 2.54. The number of nitrogens with zero attached hydrogens (tertiary/aromatic N) is 4. The first kappa shape index (κ1) is 17.6. The van der Waals surface area contributed by atoms with E-state index >= 15 is 0 Å². The van der Waals surface area contributed by atoms with E-state index in [1.807, 2.05) is 47.1 Å². The van der Waals surface area contributed by atoms with Crippen LogP contribution in [-0.2, 0) is 11.3 Å². The second-order valence-electron chi connectivity index (χ2n) is 7.80. The molecule has 0 N–H and O–H groups in total. The summed E-state index contributed by atoms with van der Waals surface area (Å²) in [6, 6.07) is 7.74. The van der Waals surface area contributed by atoms with Gasteiger partial charge in [-0.25, -0.2) is 4.68 Å². The van der Waals surface area contributed by atoms with Gasteiger partial charge in [-0.2, -0.15) is 5.10 Å². The van der Waals surface area contributed by atoms with Crippen molar-refractivity contribution in [2.45, 2.75) is 32.2 Å². The summed E-state index contributed by atoms with van der Waals surface area (Å²) in [7, 11) is 1.94. The Labute approximate surface area is 159 Å². The molecule has 0 radical (unpaired) electrons. The van der Waals surface area contributed by atoms with E-state index in [1.54, 1.807) is 0 Å². The molecule has 6 heteroatoms. The van der Waals surface area contributed by atoms with Gasteiger partial charge < -0.3 is 4.90 Å². The number of rotatable bonds is 3. The molecule has 26 heavy (non-hydrogen) atoms. The van der Waals surface area contributed by atoms with Crippen LogP contribution in [0.4, 0.5) is 0 Å². The number of hydrogen-bond acceptors (Lipinski definition) is 3. The average Bonchev–Trinajstić information content (AvgIpc) is 3.09. The van der Waals surface area contributed by atoms with Crippen molar-refractivity contribution in [1.82, 2.24) is 19.6 Å². The summed E-state index contributed by atoms with van der Waals surface area (Å²) < 4.78 is 1.88. The maximum Gasteiger partial charge on any atom is 0.222 e. The van der Waals surface area contributed by atoms with Gasteiger partial charge in [0.15, 0.2) is 0 Å². The highest BCUT2D eigenvalue weighted by atomic mass is 35.5. The van der Waals surface area contributed by atoms with Gasteiger partial charge in [-0.3, -0.25) is 9.69 Å². The van der Waals surface area contributed by atoms with Gasteiger partial charge in [0.2, 0.25) is 5.91 Å². The molecule has 1 spiro atoms. The quantitative estimate of drug-likeness (QED) is 0.829. The summed E-state index contributed by atoms with van der Waals surface area (Å²) in [5.74, 6) is 0.298. The number of carbonyl (C=O) groups excluding carboxylic acids is 1. The molecule has 3 heterocycles. The standard InChI is InChI=1S/C20H25ClN4O/c1-23-15-20(6-5-19(23)26)7-9-24(10-8-20)13-16-12-22-25(14-16)18-4-2-3-17(21)11-18/h2-4,11-12,14H,5-10,13,15H2,1H3. The molecule has 2 aromatic rings. The molecule has 0 aliphatic carbocycles. The number of hydrogen-bond donors (Lipinski definition) is 0. The van der Waals surface area contributed by atoms with Crippen molar-refractivity contribution in [1.29, 1.82) is 0 Å². The van der Waals surface area contributed by atoms with Crippen molar-refractivity contribution >= 4 is 17.5 Å². The molecule has 1 aromatic carbocycles. The molecule has 1 aromatic heterocycles. The number of halogens is 1. The maximum atomic E-state index is 11.8.